The Bertz CT molecular complexity index is 28.6. The van der Waals surface area contributed by atoms with Crippen LogP contribution in [0.3, 0.4) is 0 Å². The van der Waals surface area contributed by atoms with E-state index < -0.39 is 9.29 Å². The van der Waals surface area contributed by atoms with Gasteiger partial charge in [0.1, 0.15) is 0 Å². The summed E-state index contributed by atoms with van der Waals surface area (Å²) in [4.78, 5) is 0. The van der Waals surface area contributed by atoms with Gasteiger partial charge in [-0.15, -0.1) is 0 Å². The van der Waals surface area contributed by atoms with Crippen molar-refractivity contribution in [3.8, 4) is 0 Å². The van der Waals surface area contributed by atoms with E-state index >= 15 is 0 Å². The minimum absolute atomic E-state index is 0. The van der Waals surface area contributed by atoms with Crippen LogP contribution >= 0.6 is 0 Å². The Morgan fingerprint density at radius 1 is 1.00 bits per heavy atom. The average Bonchev–Trinajstić information content (AvgIpc) is 0.918. The molecule has 38 valence electrons. The predicted molar refractivity (Wildman–Crippen MR) is 7.13 cm³/mol. The van der Waals surface area contributed by atoms with Crippen LogP contribution in [-0.4, -0.2) is 9.29 Å². The third kappa shape index (κ3) is 34.2. The summed E-state index contributed by atoms with van der Waals surface area (Å²) in [5.41, 5.74) is 0. The van der Waals surface area contributed by atoms with Gasteiger partial charge in [-0.05, 0) is 0 Å². The fourth-order valence-corrected chi connectivity index (χ4v) is 0. The largest absolute Gasteiger partial charge is 0.549 e. The van der Waals surface area contributed by atoms with Crippen LogP contribution < -0.4 is 0 Å². The maximum atomic E-state index is 8.40. The van der Waals surface area contributed by atoms with Gasteiger partial charge in [-0.3, -0.25) is 8.92 Å². The Kier molecular flexibility index (Phi) is 60.3. The molecular weight excluding hydrogens is 454 g/mol. The quantitative estimate of drug-likeness (QED) is 0.458. The summed E-state index contributed by atoms with van der Waals surface area (Å²) in [6.45, 7) is 0. The van der Waals surface area contributed by atoms with E-state index in [9.17, 15) is 0 Å². The summed E-state index contributed by atoms with van der Waals surface area (Å²) in [5, 5.41) is 0. The summed E-state index contributed by atoms with van der Waals surface area (Å²) in [7, 11) is -1.42. The van der Waals surface area contributed by atoms with Gasteiger partial charge in [0.2, 0.25) is 0 Å². The molecular formula is Au2O2Si. The van der Waals surface area contributed by atoms with Crippen molar-refractivity contribution in [3.05, 3.63) is 0 Å². The first-order valence-corrected chi connectivity index (χ1v) is 1.22. The van der Waals surface area contributed by atoms with Crippen LogP contribution in [0, 0.1) is 0 Å². The summed E-state index contributed by atoms with van der Waals surface area (Å²) < 4.78 is 16.8. The second-order valence-electron chi connectivity index (χ2n) is 0.0833. The minimum atomic E-state index is -1.42. The van der Waals surface area contributed by atoms with Gasteiger partial charge >= 0.3 is 9.29 Å². The van der Waals surface area contributed by atoms with Crippen molar-refractivity contribution >= 4 is 9.29 Å². The van der Waals surface area contributed by atoms with Crippen molar-refractivity contribution in [1.82, 2.24) is 0 Å². The molecule has 0 saturated heterocycles. The summed E-state index contributed by atoms with van der Waals surface area (Å²) in [6.07, 6.45) is 0. The molecule has 2 nitrogen and oxygen atoms in total. The van der Waals surface area contributed by atoms with Gasteiger partial charge in [-0.1, -0.05) is 0 Å². The van der Waals surface area contributed by atoms with Crippen LogP contribution in [0.25, 0.3) is 0 Å². The molecule has 0 saturated carbocycles. The van der Waals surface area contributed by atoms with Gasteiger partial charge in [-0.25, -0.2) is 0 Å². The molecule has 5 heteroatoms. The number of hydrogen-bond donors (Lipinski definition) is 0. The molecule has 0 aromatic rings. The van der Waals surface area contributed by atoms with Crippen LogP contribution in [-0.2, 0) is 53.7 Å². The molecule has 0 fully saturated rings. The van der Waals surface area contributed by atoms with Crippen molar-refractivity contribution < 1.29 is 53.7 Å². The smallest absolute Gasteiger partial charge is 0.274 e. The molecule has 0 atom stereocenters. The van der Waals surface area contributed by atoms with E-state index in [1.165, 1.54) is 0 Å². The molecule has 0 unspecified atom stereocenters. The van der Waals surface area contributed by atoms with Crippen LogP contribution in [0.4, 0.5) is 0 Å². The van der Waals surface area contributed by atoms with E-state index in [2.05, 4.69) is 0 Å². The van der Waals surface area contributed by atoms with E-state index in [0.717, 1.165) is 0 Å². The van der Waals surface area contributed by atoms with E-state index in [-0.39, 0.29) is 44.8 Å². The Morgan fingerprint density at radius 2 is 1.00 bits per heavy atom. The van der Waals surface area contributed by atoms with Crippen LogP contribution in [0.1, 0.15) is 0 Å². The fourth-order valence-electron chi connectivity index (χ4n) is 0. The molecule has 0 amide bonds. The predicted octanol–water partition coefficient (Wildman–Crippen LogP) is -0.623. The molecule has 0 N–H and O–H groups in total. The van der Waals surface area contributed by atoms with Crippen LogP contribution in [0.15, 0.2) is 0 Å². The molecule has 0 aliphatic heterocycles. The molecule has 0 spiro atoms. The summed E-state index contributed by atoms with van der Waals surface area (Å²) >= 11 is 0. The standard InChI is InChI=1S/2Au.O2Si/c;;1-3-2. The zero-order valence-electron chi connectivity index (χ0n) is 1.92. The van der Waals surface area contributed by atoms with Gasteiger partial charge in [-0.2, -0.15) is 0 Å². The Labute approximate surface area is 62.7 Å². The van der Waals surface area contributed by atoms with Crippen molar-refractivity contribution in [2.24, 2.45) is 0 Å². The maximum absolute atomic E-state index is 8.40. The SMILES string of the molecule is O=[Si]=O.[Au].[Au]. The summed E-state index contributed by atoms with van der Waals surface area (Å²) in [5.74, 6) is 0. The molecule has 2 radical (unpaired) electrons. The summed E-state index contributed by atoms with van der Waals surface area (Å²) in [6, 6.07) is 0. The molecule has 0 heterocycles. The minimum Gasteiger partial charge on any atom is -0.274 e. The average molecular weight is 454 g/mol. The maximum Gasteiger partial charge on any atom is 0.549 e. The van der Waals surface area contributed by atoms with E-state index in [1.807, 2.05) is 0 Å². The van der Waals surface area contributed by atoms with Crippen LogP contribution in [0.2, 0.25) is 0 Å². The zero-order valence-corrected chi connectivity index (χ0v) is 7.25. The number of rotatable bonds is 0. The van der Waals surface area contributed by atoms with Crippen molar-refractivity contribution in [2.75, 3.05) is 0 Å². The molecule has 0 aliphatic rings. The Hall–Kier alpha value is 1.30. The third-order valence-corrected chi connectivity index (χ3v) is 0. The molecule has 0 rings (SSSR count). The fraction of sp³-hybridized carbons (Fsp3) is 0. The molecule has 0 bridgehead atoms. The first-order chi connectivity index (χ1) is 1.41. The van der Waals surface area contributed by atoms with Gasteiger partial charge in [0.25, 0.3) is 0 Å². The normalized spacial score (nSPS) is 1.60. The number of hydrogen-bond acceptors (Lipinski definition) is 2. The Morgan fingerprint density at radius 3 is 1.00 bits per heavy atom. The molecule has 5 heavy (non-hydrogen) atoms. The van der Waals surface area contributed by atoms with Gasteiger partial charge in [0.15, 0.2) is 0 Å². The topological polar surface area (TPSA) is 34.1 Å². The molecule has 0 aromatic heterocycles. The molecule has 0 aliphatic carbocycles. The van der Waals surface area contributed by atoms with E-state index in [1.54, 1.807) is 0 Å². The van der Waals surface area contributed by atoms with Gasteiger partial charge in [0.05, 0.1) is 0 Å². The second kappa shape index (κ2) is 18.5. The van der Waals surface area contributed by atoms with Gasteiger partial charge < -0.3 is 0 Å². The van der Waals surface area contributed by atoms with Crippen molar-refractivity contribution in [2.45, 2.75) is 0 Å². The monoisotopic (exact) mass is 454 g/mol. The first-order valence-electron chi connectivity index (χ1n) is 0.408. The van der Waals surface area contributed by atoms with E-state index in [0.29, 0.717) is 0 Å². The zero-order chi connectivity index (χ0) is 2.71. The molecule has 0 aromatic carbocycles. The third-order valence-electron chi connectivity index (χ3n) is 0. The Balaban J connectivity index is -0.0000000200. The van der Waals surface area contributed by atoms with Gasteiger partial charge in [0, 0.05) is 44.8 Å². The van der Waals surface area contributed by atoms with E-state index in [4.69, 9.17) is 8.92 Å². The second-order valence-corrected chi connectivity index (χ2v) is 0.250. The van der Waals surface area contributed by atoms with Crippen molar-refractivity contribution in [3.63, 3.8) is 0 Å². The van der Waals surface area contributed by atoms with Crippen LogP contribution in [0.5, 0.6) is 0 Å². The van der Waals surface area contributed by atoms with Crippen molar-refractivity contribution in [1.29, 1.82) is 0 Å². The first kappa shape index (κ1) is 16.3.